The number of aryl methyl sites for hydroxylation is 1. The molecule has 1 amide bonds. The second kappa shape index (κ2) is 9.28. The zero-order chi connectivity index (χ0) is 19.6. The molecule has 158 valence electrons. The van der Waals surface area contributed by atoms with Crippen molar-refractivity contribution in [2.24, 2.45) is 5.41 Å². The van der Waals surface area contributed by atoms with E-state index in [2.05, 4.69) is 41.8 Å². The molecule has 0 spiro atoms. The van der Waals surface area contributed by atoms with Gasteiger partial charge < -0.3 is 15.4 Å². The number of fused-ring (bicyclic) bond motifs is 1. The first-order valence-electron chi connectivity index (χ1n) is 10.3. The Balaban J connectivity index is 0.00000240. The maximum absolute atomic E-state index is 13.0. The molecule has 6 nitrogen and oxygen atoms in total. The van der Waals surface area contributed by atoms with Crippen molar-refractivity contribution >= 4 is 18.3 Å². The number of hydrogen-bond donors (Lipinski definition) is 2. The standard InChI is InChI=1S/C22H30N4O2.ClH/c1-16-6-8-17(9-7-16)26-19-5-3-4-18(19)20(25-26)21(27)24-14-22(15-28-2)10-12-23-13-11-22;/h6-9,23H,3-5,10-15H2,1-2H3,(H,24,27);1H. The number of halogens is 1. The Bertz CT molecular complexity index is 836. The van der Waals surface area contributed by atoms with Crippen molar-refractivity contribution in [2.75, 3.05) is 33.4 Å². The Labute approximate surface area is 178 Å². The molecule has 0 unspecified atom stereocenters. The van der Waals surface area contributed by atoms with Crippen LogP contribution in [0.4, 0.5) is 0 Å². The monoisotopic (exact) mass is 418 g/mol. The number of nitrogens with zero attached hydrogens (tertiary/aromatic N) is 2. The summed E-state index contributed by atoms with van der Waals surface area (Å²) in [6.45, 7) is 5.32. The summed E-state index contributed by atoms with van der Waals surface area (Å²) in [7, 11) is 1.74. The third kappa shape index (κ3) is 4.49. The van der Waals surface area contributed by atoms with Crippen molar-refractivity contribution in [1.29, 1.82) is 0 Å². The van der Waals surface area contributed by atoms with Crippen molar-refractivity contribution in [1.82, 2.24) is 20.4 Å². The Morgan fingerprint density at radius 3 is 2.66 bits per heavy atom. The molecule has 0 atom stereocenters. The van der Waals surface area contributed by atoms with Gasteiger partial charge in [-0.05, 0) is 64.3 Å². The van der Waals surface area contributed by atoms with Crippen LogP contribution in [0.5, 0.6) is 0 Å². The number of hydrogen-bond acceptors (Lipinski definition) is 4. The molecule has 2 aromatic rings. The number of benzene rings is 1. The average molecular weight is 419 g/mol. The van der Waals surface area contributed by atoms with E-state index in [9.17, 15) is 4.79 Å². The molecule has 29 heavy (non-hydrogen) atoms. The van der Waals surface area contributed by atoms with Crippen LogP contribution in [-0.4, -0.2) is 49.0 Å². The van der Waals surface area contributed by atoms with Gasteiger partial charge in [-0.25, -0.2) is 4.68 Å². The number of carbonyl (C=O) groups excluding carboxylic acids is 1. The van der Waals surface area contributed by atoms with Gasteiger partial charge in [0.1, 0.15) is 0 Å². The minimum absolute atomic E-state index is 0. The summed E-state index contributed by atoms with van der Waals surface area (Å²) in [6, 6.07) is 8.32. The smallest absolute Gasteiger partial charge is 0.272 e. The van der Waals surface area contributed by atoms with E-state index >= 15 is 0 Å². The van der Waals surface area contributed by atoms with Crippen molar-refractivity contribution in [3.8, 4) is 5.69 Å². The zero-order valence-corrected chi connectivity index (χ0v) is 18.1. The summed E-state index contributed by atoms with van der Waals surface area (Å²) in [5.74, 6) is -0.0574. The molecule has 1 aliphatic carbocycles. The highest BCUT2D eigenvalue weighted by Gasteiger charge is 2.34. The fourth-order valence-corrected chi connectivity index (χ4v) is 4.51. The third-order valence-corrected chi connectivity index (χ3v) is 6.16. The summed E-state index contributed by atoms with van der Waals surface area (Å²) < 4.78 is 7.43. The number of methoxy groups -OCH3 is 1. The normalized spacial score (nSPS) is 17.4. The van der Waals surface area contributed by atoms with Gasteiger partial charge in [0.05, 0.1) is 12.3 Å². The van der Waals surface area contributed by atoms with Crippen molar-refractivity contribution < 1.29 is 9.53 Å². The van der Waals surface area contributed by atoms with Crippen molar-refractivity contribution in [3.63, 3.8) is 0 Å². The van der Waals surface area contributed by atoms with Crippen LogP contribution >= 0.6 is 12.4 Å². The number of ether oxygens (including phenoxy) is 1. The van der Waals surface area contributed by atoms with E-state index in [4.69, 9.17) is 9.84 Å². The highest BCUT2D eigenvalue weighted by molar-refractivity contribution is 5.94. The summed E-state index contributed by atoms with van der Waals surface area (Å²) >= 11 is 0. The minimum Gasteiger partial charge on any atom is -0.384 e. The van der Waals surface area contributed by atoms with E-state index in [-0.39, 0.29) is 23.7 Å². The first-order chi connectivity index (χ1) is 13.6. The van der Waals surface area contributed by atoms with Crippen LogP contribution in [0.1, 0.15) is 46.6 Å². The highest BCUT2D eigenvalue weighted by Crippen LogP contribution is 2.30. The number of amides is 1. The van der Waals surface area contributed by atoms with E-state index in [0.29, 0.717) is 18.8 Å². The number of rotatable bonds is 6. The third-order valence-electron chi connectivity index (χ3n) is 6.16. The van der Waals surface area contributed by atoms with Gasteiger partial charge >= 0.3 is 0 Å². The molecule has 1 saturated heterocycles. The molecule has 2 aliphatic rings. The quantitative estimate of drug-likeness (QED) is 0.756. The van der Waals surface area contributed by atoms with Gasteiger partial charge in [0.25, 0.3) is 5.91 Å². The maximum Gasteiger partial charge on any atom is 0.272 e. The molecule has 0 bridgehead atoms. The molecule has 2 N–H and O–H groups in total. The van der Waals surface area contributed by atoms with Gasteiger partial charge in [0.15, 0.2) is 5.69 Å². The largest absolute Gasteiger partial charge is 0.384 e. The van der Waals surface area contributed by atoms with Crippen LogP contribution in [-0.2, 0) is 17.6 Å². The lowest BCUT2D eigenvalue weighted by molar-refractivity contribution is 0.0510. The van der Waals surface area contributed by atoms with Gasteiger partial charge in [-0.2, -0.15) is 5.10 Å². The van der Waals surface area contributed by atoms with Gasteiger partial charge in [0, 0.05) is 30.3 Å². The summed E-state index contributed by atoms with van der Waals surface area (Å²) in [5.41, 5.74) is 5.15. The van der Waals surface area contributed by atoms with Gasteiger partial charge in [-0.1, -0.05) is 17.7 Å². The van der Waals surface area contributed by atoms with E-state index in [0.717, 1.165) is 56.4 Å². The van der Waals surface area contributed by atoms with Crippen molar-refractivity contribution in [3.05, 3.63) is 46.8 Å². The van der Waals surface area contributed by atoms with Gasteiger partial charge in [-0.3, -0.25) is 4.79 Å². The fourth-order valence-electron chi connectivity index (χ4n) is 4.51. The molecule has 2 heterocycles. The zero-order valence-electron chi connectivity index (χ0n) is 17.3. The molecular weight excluding hydrogens is 388 g/mol. The Morgan fingerprint density at radius 1 is 1.24 bits per heavy atom. The first kappa shape index (κ1) is 21.8. The SMILES string of the molecule is COCC1(CNC(=O)c2nn(-c3ccc(C)cc3)c3c2CCC3)CCNCC1.Cl. The Kier molecular flexibility index (Phi) is 6.98. The fraction of sp³-hybridized carbons (Fsp3) is 0.545. The highest BCUT2D eigenvalue weighted by atomic mass is 35.5. The summed E-state index contributed by atoms with van der Waals surface area (Å²) in [4.78, 5) is 13.0. The average Bonchev–Trinajstić information content (AvgIpc) is 3.31. The Hall–Kier alpha value is -1.89. The minimum atomic E-state index is -0.0574. The number of aromatic nitrogens is 2. The van der Waals surface area contributed by atoms with E-state index in [1.54, 1.807) is 7.11 Å². The first-order valence-corrected chi connectivity index (χ1v) is 10.3. The predicted octanol–water partition coefficient (Wildman–Crippen LogP) is 2.84. The molecule has 0 saturated carbocycles. The Morgan fingerprint density at radius 2 is 1.97 bits per heavy atom. The van der Waals surface area contributed by atoms with Crippen LogP contribution in [0.2, 0.25) is 0 Å². The molecule has 7 heteroatoms. The summed E-state index contributed by atoms with van der Waals surface area (Å²) in [6.07, 6.45) is 5.01. The van der Waals surface area contributed by atoms with Crippen LogP contribution in [0.25, 0.3) is 5.69 Å². The molecule has 1 aliphatic heterocycles. The lowest BCUT2D eigenvalue weighted by atomic mass is 9.79. The second-order valence-electron chi connectivity index (χ2n) is 8.24. The van der Waals surface area contributed by atoms with Crippen LogP contribution in [0.15, 0.2) is 24.3 Å². The van der Waals surface area contributed by atoms with E-state index < -0.39 is 0 Å². The lowest BCUT2D eigenvalue weighted by Gasteiger charge is -2.37. The van der Waals surface area contributed by atoms with E-state index in [1.165, 1.54) is 11.3 Å². The molecule has 1 aromatic carbocycles. The molecule has 4 rings (SSSR count). The van der Waals surface area contributed by atoms with E-state index in [1.807, 2.05) is 4.68 Å². The van der Waals surface area contributed by atoms with Crippen LogP contribution < -0.4 is 10.6 Å². The van der Waals surface area contributed by atoms with Crippen LogP contribution in [0.3, 0.4) is 0 Å². The van der Waals surface area contributed by atoms with Crippen molar-refractivity contribution in [2.45, 2.75) is 39.0 Å². The van der Waals surface area contributed by atoms with Gasteiger partial charge in [-0.15, -0.1) is 12.4 Å². The number of carbonyl (C=O) groups is 1. The molecule has 1 fully saturated rings. The maximum atomic E-state index is 13.0. The van der Waals surface area contributed by atoms with Crippen LogP contribution in [0, 0.1) is 12.3 Å². The molecular formula is C22H31ClN4O2. The van der Waals surface area contributed by atoms with Gasteiger partial charge in [0.2, 0.25) is 0 Å². The number of piperidine rings is 1. The topological polar surface area (TPSA) is 68.2 Å². The number of nitrogens with one attached hydrogen (secondary N) is 2. The second-order valence-corrected chi connectivity index (χ2v) is 8.24. The lowest BCUT2D eigenvalue weighted by Crippen LogP contribution is -2.47. The molecule has 1 aromatic heterocycles. The predicted molar refractivity (Wildman–Crippen MR) is 116 cm³/mol. The summed E-state index contributed by atoms with van der Waals surface area (Å²) in [5, 5.41) is 11.3. The molecule has 0 radical (unpaired) electrons.